The van der Waals surface area contributed by atoms with Crippen molar-refractivity contribution in [2.45, 2.75) is 39.3 Å². The molecule has 7 nitrogen and oxygen atoms in total. The SMILES string of the molecule is Cc1noc(C)c1CN(C)c1cc(N2CCCC2CO)ncn1. The van der Waals surface area contributed by atoms with E-state index in [-0.39, 0.29) is 12.6 Å². The van der Waals surface area contributed by atoms with Crippen LogP contribution in [0.15, 0.2) is 16.9 Å². The van der Waals surface area contributed by atoms with Crippen molar-refractivity contribution in [2.75, 3.05) is 30.0 Å². The van der Waals surface area contributed by atoms with Crippen LogP contribution in [-0.2, 0) is 6.54 Å². The van der Waals surface area contributed by atoms with E-state index in [2.05, 4.69) is 24.9 Å². The Hall–Kier alpha value is -2.15. The van der Waals surface area contributed by atoms with Crippen LogP contribution in [0.5, 0.6) is 0 Å². The molecule has 7 heteroatoms. The van der Waals surface area contributed by atoms with Crippen LogP contribution in [0.3, 0.4) is 0 Å². The predicted molar refractivity (Wildman–Crippen MR) is 87.6 cm³/mol. The first-order valence-electron chi connectivity index (χ1n) is 7.92. The summed E-state index contributed by atoms with van der Waals surface area (Å²) in [6.45, 7) is 5.64. The molecule has 1 saturated heterocycles. The van der Waals surface area contributed by atoms with Gasteiger partial charge in [-0.1, -0.05) is 5.16 Å². The van der Waals surface area contributed by atoms with Crippen LogP contribution < -0.4 is 9.80 Å². The Kier molecular flexibility index (Phi) is 4.47. The highest BCUT2D eigenvalue weighted by molar-refractivity contribution is 5.51. The van der Waals surface area contributed by atoms with Crippen molar-refractivity contribution in [1.82, 2.24) is 15.1 Å². The number of aryl methyl sites for hydroxylation is 2. The van der Waals surface area contributed by atoms with Crippen molar-refractivity contribution in [2.24, 2.45) is 0 Å². The van der Waals surface area contributed by atoms with Gasteiger partial charge in [-0.25, -0.2) is 9.97 Å². The maximum absolute atomic E-state index is 9.50. The van der Waals surface area contributed by atoms with Crippen LogP contribution >= 0.6 is 0 Å². The molecule has 1 fully saturated rings. The Morgan fingerprint density at radius 3 is 2.91 bits per heavy atom. The Labute approximate surface area is 135 Å². The molecule has 1 atom stereocenters. The van der Waals surface area contributed by atoms with E-state index in [4.69, 9.17) is 4.52 Å². The minimum Gasteiger partial charge on any atom is -0.394 e. The fourth-order valence-corrected chi connectivity index (χ4v) is 3.08. The molecule has 1 aliphatic heterocycles. The maximum Gasteiger partial charge on any atom is 0.138 e. The number of anilines is 2. The van der Waals surface area contributed by atoms with Gasteiger partial charge >= 0.3 is 0 Å². The molecule has 0 spiro atoms. The molecule has 0 bridgehead atoms. The number of aliphatic hydroxyl groups excluding tert-OH is 1. The smallest absolute Gasteiger partial charge is 0.138 e. The van der Waals surface area contributed by atoms with E-state index in [1.165, 1.54) is 0 Å². The highest BCUT2D eigenvalue weighted by atomic mass is 16.5. The summed E-state index contributed by atoms with van der Waals surface area (Å²) in [5.41, 5.74) is 1.99. The molecule has 0 amide bonds. The van der Waals surface area contributed by atoms with Crippen molar-refractivity contribution in [3.63, 3.8) is 0 Å². The van der Waals surface area contributed by atoms with Crippen LogP contribution in [0.2, 0.25) is 0 Å². The molecule has 1 aliphatic rings. The number of aliphatic hydroxyl groups is 1. The Bertz CT molecular complexity index is 653. The third-order valence-corrected chi connectivity index (χ3v) is 4.49. The van der Waals surface area contributed by atoms with Gasteiger partial charge in [-0.05, 0) is 26.7 Å². The number of hydrogen-bond acceptors (Lipinski definition) is 7. The fourth-order valence-electron chi connectivity index (χ4n) is 3.08. The van der Waals surface area contributed by atoms with Crippen molar-refractivity contribution in [1.29, 1.82) is 0 Å². The minimum absolute atomic E-state index is 0.158. The van der Waals surface area contributed by atoms with Gasteiger partial charge in [0.1, 0.15) is 23.7 Å². The van der Waals surface area contributed by atoms with Gasteiger partial charge in [0.05, 0.1) is 18.3 Å². The molecule has 2 aromatic heterocycles. The monoisotopic (exact) mass is 317 g/mol. The van der Waals surface area contributed by atoms with Crippen LogP contribution in [0, 0.1) is 13.8 Å². The van der Waals surface area contributed by atoms with Gasteiger partial charge in [0.25, 0.3) is 0 Å². The number of aromatic nitrogens is 3. The van der Waals surface area contributed by atoms with Gasteiger partial charge < -0.3 is 19.4 Å². The average molecular weight is 317 g/mol. The molecule has 3 heterocycles. The summed E-state index contributed by atoms with van der Waals surface area (Å²) < 4.78 is 5.22. The summed E-state index contributed by atoms with van der Waals surface area (Å²) in [7, 11) is 1.99. The minimum atomic E-state index is 0.158. The largest absolute Gasteiger partial charge is 0.394 e. The number of rotatable bonds is 5. The summed E-state index contributed by atoms with van der Waals surface area (Å²) in [4.78, 5) is 13.0. The third kappa shape index (κ3) is 3.14. The van der Waals surface area contributed by atoms with Crippen molar-refractivity contribution < 1.29 is 9.63 Å². The topological polar surface area (TPSA) is 78.5 Å². The number of nitrogens with zero attached hydrogens (tertiary/aromatic N) is 5. The van der Waals surface area contributed by atoms with E-state index < -0.39 is 0 Å². The van der Waals surface area contributed by atoms with Crippen LogP contribution in [0.25, 0.3) is 0 Å². The van der Waals surface area contributed by atoms with E-state index >= 15 is 0 Å². The molecule has 0 aliphatic carbocycles. The predicted octanol–water partition coefficient (Wildman–Crippen LogP) is 1.68. The zero-order chi connectivity index (χ0) is 16.4. The molecule has 1 N–H and O–H groups in total. The second-order valence-corrected chi connectivity index (χ2v) is 6.07. The van der Waals surface area contributed by atoms with Gasteiger partial charge in [0, 0.05) is 31.8 Å². The first kappa shape index (κ1) is 15.7. The zero-order valence-corrected chi connectivity index (χ0v) is 13.9. The Balaban J connectivity index is 1.79. The average Bonchev–Trinajstić information content (AvgIpc) is 3.16. The molecule has 124 valence electrons. The van der Waals surface area contributed by atoms with E-state index in [0.29, 0.717) is 6.54 Å². The van der Waals surface area contributed by atoms with Gasteiger partial charge in [0.2, 0.25) is 0 Å². The van der Waals surface area contributed by atoms with E-state index in [0.717, 1.165) is 48.0 Å². The summed E-state index contributed by atoms with van der Waals surface area (Å²) in [5.74, 6) is 2.55. The Morgan fingerprint density at radius 1 is 1.39 bits per heavy atom. The summed E-state index contributed by atoms with van der Waals surface area (Å²) in [6.07, 6.45) is 3.67. The van der Waals surface area contributed by atoms with Crippen molar-refractivity contribution >= 4 is 11.6 Å². The molecule has 3 rings (SSSR count). The zero-order valence-electron chi connectivity index (χ0n) is 13.9. The van der Waals surface area contributed by atoms with E-state index in [1.807, 2.05) is 27.0 Å². The first-order valence-corrected chi connectivity index (χ1v) is 7.92. The van der Waals surface area contributed by atoms with Crippen LogP contribution in [0.4, 0.5) is 11.6 Å². The standard InChI is InChI=1S/C16H23N5O2/c1-11-14(12(2)23-19-11)8-20(3)15-7-16(18-10-17-15)21-6-4-5-13(21)9-22/h7,10,13,22H,4-6,8-9H2,1-3H3. The van der Waals surface area contributed by atoms with Crippen LogP contribution in [0.1, 0.15) is 29.9 Å². The lowest BCUT2D eigenvalue weighted by Crippen LogP contribution is -2.33. The summed E-state index contributed by atoms with van der Waals surface area (Å²) >= 11 is 0. The third-order valence-electron chi connectivity index (χ3n) is 4.49. The van der Waals surface area contributed by atoms with Gasteiger partial charge in [-0.3, -0.25) is 0 Å². The lowest BCUT2D eigenvalue weighted by Gasteiger charge is -2.25. The molecule has 23 heavy (non-hydrogen) atoms. The molecule has 0 radical (unpaired) electrons. The van der Waals surface area contributed by atoms with Gasteiger partial charge in [-0.15, -0.1) is 0 Å². The first-order chi connectivity index (χ1) is 11.1. The normalized spacial score (nSPS) is 17.7. The molecular weight excluding hydrogens is 294 g/mol. The van der Waals surface area contributed by atoms with E-state index in [1.54, 1.807) is 6.33 Å². The maximum atomic E-state index is 9.50. The quantitative estimate of drug-likeness (QED) is 0.898. The molecular formula is C16H23N5O2. The highest BCUT2D eigenvalue weighted by Gasteiger charge is 2.25. The number of hydrogen-bond donors (Lipinski definition) is 1. The van der Waals surface area contributed by atoms with Gasteiger partial charge in [0.15, 0.2) is 0 Å². The molecule has 0 aromatic carbocycles. The lowest BCUT2D eigenvalue weighted by molar-refractivity contribution is 0.266. The summed E-state index contributed by atoms with van der Waals surface area (Å²) in [5, 5.41) is 13.5. The lowest BCUT2D eigenvalue weighted by atomic mass is 10.2. The fraction of sp³-hybridized carbons (Fsp3) is 0.562. The van der Waals surface area contributed by atoms with Crippen molar-refractivity contribution in [3.05, 3.63) is 29.4 Å². The summed E-state index contributed by atoms with van der Waals surface area (Å²) in [6, 6.07) is 2.14. The molecule has 2 aromatic rings. The molecule has 1 unspecified atom stereocenters. The van der Waals surface area contributed by atoms with E-state index in [9.17, 15) is 5.11 Å². The van der Waals surface area contributed by atoms with Crippen LogP contribution in [-0.4, -0.2) is 46.5 Å². The van der Waals surface area contributed by atoms with Crippen molar-refractivity contribution in [3.8, 4) is 0 Å². The Morgan fingerprint density at radius 2 is 2.22 bits per heavy atom. The second kappa shape index (κ2) is 6.54. The second-order valence-electron chi connectivity index (χ2n) is 6.07. The molecule has 0 saturated carbocycles. The van der Waals surface area contributed by atoms with Gasteiger partial charge in [-0.2, -0.15) is 0 Å². The highest BCUT2D eigenvalue weighted by Crippen LogP contribution is 2.26.